The molecule has 2 aromatic rings. The lowest BCUT2D eigenvalue weighted by atomic mass is 9.99. The fourth-order valence-electron chi connectivity index (χ4n) is 3.08. The fourth-order valence-corrected chi connectivity index (χ4v) is 5.35. The Labute approximate surface area is 156 Å². The highest BCUT2D eigenvalue weighted by Gasteiger charge is 2.34. The number of sulfonamides is 1. The predicted octanol–water partition coefficient (Wildman–Crippen LogP) is 1.24. The molecule has 0 radical (unpaired) electrons. The Hall–Kier alpha value is -1.62. The molecule has 1 aliphatic rings. The number of nitrogens with one attached hydrogen (secondary N) is 1. The minimum Gasteiger partial charge on any atom is -0.385 e. The standard InChI is InChI=1S/C16H22N4O4S2/c1-24-10-4-8-17-16(21)12-5-3-9-20(11-12)26(22,23)14-7-2-6-13-15(14)19-25-18-13/h2,6-7,12H,3-5,8-11H2,1H3,(H,17,21)/t12-/m0/s1. The number of fused-ring (bicyclic) bond motifs is 1. The molecule has 1 N–H and O–H groups in total. The zero-order chi connectivity index (χ0) is 18.6. The van der Waals surface area contributed by atoms with Crippen molar-refractivity contribution in [3.05, 3.63) is 18.2 Å². The van der Waals surface area contributed by atoms with Gasteiger partial charge >= 0.3 is 0 Å². The Morgan fingerprint density at radius 3 is 3.08 bits per heavy atom. The summed E-state index contributed by atoms with van der Waals surface area (Å²) in [6.45, 7) is 1.70. The molecule has 1 aliphatic heterocycles. The van der Waals surface area contributed by atoms with Crippen LogP contribution in [0.1, 0.15) is 19.3 Å². The maximum atomic E-state index is 13.1. The van der Waals surface area contributed by atoms with Crippen LogP contribution >= 0.6 is 11.7 Å². The number of aromatic nitrogens is 2. The van der Waals surface area contributed by atoms with E-state index in [0.717, 1.165) is 18.1 Å². The van der Waals surface area contributed by atoms with E-state index in [1.165, 1.54) is 4.31 Å². The van der Waals surface area contributed by atoms with Crippen LogP contribution in [0.4, 0.5) is 0 Å². The van der Waals surface area contributed by atoms with Gasteiger partial charge in [-0.05, 0) is 31.4 Å². The zero-order valence-corrected chi connectivity index (χ0v) is 16.2. The van der Waals surface area contributed by atoms with Crippen LogP contribution < -0.4 is 5.32 Å². The average molecular weight is 399 g/mol. The third-order valence-electron chi connectivity index (χ3n) is 4.45. The van der Waals surface area contributed by atoms with Gasteiger partial charge in [0, 0.05) is 33.4 Å². The number of methoxy groups -OCH3 is 1. The monoisotopic (exact) mass is 398 g/mol. The summed E-state index contributed by atoms with van der Waals surface area (Å²) in [5, 5.41) is 2.86. The molecule has 2 heterocycles. The van der Waals surface area contributed by atoms with Crippen LogP contribution in [0.2, 0.25) is 0 Å². The molecule has 1 saturated heterocycles. The number of hydrogen-bond acceptors (Lipinski definition) is 7. The van der Waals surface area contributed by atoms with Crippen LogP contribution in [0.25, 0.3) is 11.0 Å². The molecule has 1 aromatic carbocycles. The van der Waals surface area contributed by atoms with Crippen molar-refractivity contribution >= 4 is 38.7 Å². The molecule has 142 valence electrons. The second kappa shape index (κ2) is 8.38. The Morgan fingerprint density at radius 2 is 2.27 bits per heavy atom. The molecule has 8 nitrogen and oxygen atoms in total. The summed E-state index contributed by atoms with van der Waals surface area (Å²) in [6.07, 6.45) is 2.07. The van der Waals surface area contributed by atoms with Crippen molar-refractivity contribution in [2.75, 3.05) is 33.4 Å². The van der Waals surface area contributed by atoms with Gasteiger partial charge in [-0.2, -0.15) is 13.1 Å². The number of rotatable bonds is 7. The number of benzene rings is 1. The molecule has 1 amide bonds. The van der Waals surface area contributed by atoms with Gasteiger partial charge in [0.05, 0.1) is 17.6 Å². The maximum Gasteiger partial charge on any atom is 0.245 e. The Kier molecular flexibility index (Phi) is 6.17. The van der Waals surface area contributed by atoms with Crippen molar-refractivity contribution in [3.63, 3.8) is 0 Å². The molecule has 0 aliphatic carbocycles. The molecule has 10 heteroatoms. The van der Waals surface area contributed by atoms with E-state index in [2.05, 4.69) is 14.1 Å². The minimum atomic E-state index is -3.72. The van der Waals surface area contributed by atoms with E-state index in [-0.39, 0.29) is 23.3 Å². The van der Waals surface area contributed by atoms with Gasteiger partial charge in [0.1, 0.15) is 15.9 Å². The van der Waals surface area contributed by atoms with Crippen LogP contribution in [0.3, 0.4) is 0 Å². The summed E-state index contributed by atoms with van der Waals surface area (Å²) < 4.78 is 40.7. The van der Waals surface area contributed by atoms with E-state index in [0.29, 0.717) is 43.6 Å². The van der Waals surface area contributed by atoms with Crippen molar-refractivity contribution in [2.24, 2.45) is 5.92 Å². The summed E-state index contributed by atoms with van der Waals surface area (Å²) in [5.41, 5.74) is 0.962. The summed E-state index contributed by atoms with van der Waals surface area (Å²) in [6, 6.07) is 4.96. The predicted molar refractivity (Wildman–Crippen MR) is 98.4 cm³/mol. The third kappa shape index (κ3) is 4.03. The highest BCUT2D eigenvalue weighted by atomic mass is 32.2. The average Bonchev–Trinajstić information content (AvgIpc) is 3.14. The van der Waals surface area contributed by atoms with Gasteiger partial charge in [-0.25, -0.2) is 8.42 Å². The number of ether oxygens (including phenoxy) is 1. The summed E-state index contributed by atoms with van der Waals surface area (Å²) in [5.74, 6) is -0.441. The Bertz CT molecular complexity index is 868. The fraction of sp³-hybridized carbons (Fsp3) is 0.562. The quantitative estimate of drug-likeness (QED) is 0.704. The second-order valence-corrected chi connectivity index (χ2v) is 8.66. The highest BCUT2D eigenvalue weighted by Crippen LogP contribution is 2.28. The molecule has 3 rings (SSSR count). The molecule has 26 heavy (non-hydrogen) atoms. The number of carbonyl (C=O) groups is 1. The van der Waals surface area contributed by atoms with Crippen molar-refractivity contribution < 1.29 is 17.9 Å². The third-order valence-corrected chi connectivity index (χ3v) is 6.89. The Morgan fingerprint density at radius 1 is 1.42 bits per heavy atom. The smallest absolute Gasteiger partial charge is 0.245 e. The number of piperidine rings is 1. The van der Waals surface area contributed by atoms with Gasteiger partial charge in [0.15, 0.2) is 0 Å². The SMILES string of the molecule is COCCCNC(=O)[C@H]1CCCN(S(=O)(=O)c2cccc3nsnc23)C1. The molecule has 0 spiro atoms. The van der Waals surface area contributed by atoms with Gasteiger partial charge < -0.3 is 10.1 Å². The molecule has 0 bridgehead atoms. The van der Waals surface area contributed by atoms with Crippen molar-refractivity contribution in [3.8, 4) is 0 Å². The lowest BCUT2D eigenvalue weighted by Gasteiger charge is -2.31. The van der Waals surface area contributed by atoms with Gasteiger partial charge in [-0.3, -0.25) is 4.79 Å². The van der Waals surface area contributed by atoms with E-state index in [4.69, 9.17) is 4.74 Å². The lowest BCUT2D eigenvalue weighted by Crippen LogP contribution is -2.45. The van der Waals surface area contributed by atoms with Crippen molar-refractivity contribution in [1.82, 2.24) is 18.4 Å². The van der Waals surface area contributed by atoms with Crippen molar-refractivity contribution in [1.29, 1.82) is 0 Å². The van der Waals surface area contributed by atoms with Crippen LogP contribution in [-0.4, -0.2) is 60.7 Å². The normalized spacial score (nSPS) is 18.9. The molecule has 0 unspecified atom stereocenters. The van der Waals surface area contributed by atoms with E-state index in [9.17, 15) is 13.2 Å². The zero-order valence-electron chi connectivity index (χ0n) is 14.6. The molecule has 1 aromatic heterocycles. The summed E-state index contributed by atoms with van der Waals surface area (Å²) >= 11 is 0.991. The number of hydrogen-bond donors (Lipinski definition) is 1. The van der Waals surface area contributed by atoms with Crippen LogP contribution in [0.15, 0.2) is 23.1 Å². The highest BCUT2D eigenvalue weighted by molar-refractivity contribution is 7.89. The van der Waals surface area contributed by atoms with Gasteiger partial charge in [0.25, 0.3) is 0 Å². The number of nitrogens with zero attached hydrogens (tertiary/aromatic N) is 3. The number of amides is 1. The summed E-state index contributed by atoms with van der Waals surface area (Å²) in [4.78, 5) is 12.5. The molecular weight excluding hydrogens is 376 g/mol. The summed E-state index contributed by atoms with van der Waals surface area (Å²) in [7, 11) is -2.10. The van der Waals surface area contributed by atoms with Gasteiger partial charge in [0.2, 0.25) is 15.9 Å². The van der Waals surface area contributed by atoms with Crippen LogP contribution in [0.5, 0.6) is 0 Å². The topological polar surface area (TPSA) is 101 Å². The maximum absolute atomic E-state index is 13.1. The first kappa shape index (κ1) is 19.2. The first-order valence-corrected chi connectivity index (χ1v) is 10.7. The molecule has 0 saturated carbocycles. The first-order chi connectivity index (χ1) is 12.5. The number of carbonyl (C=O) groups excluding carboxylic acids is 1. The molecular formula is C16H22N4O4S2. The van der Waals surface area contributed by atoms with Crippen LogP contribution in [0, 0.1) is 5.92 Å². The van der Waals surface area contributed by atoms with E-state index in [1.807, 2.05) is 0 Å². The lowest BCUT2D eigenvalue weighted by molar-refractivity contribution is -0.126. The van der Waals surface area contributed by atoms with E-state index >= 15 is 0 Å². The second-order valence-electron chi connectivity index (χ2n) is 6.23. The van der Waals surface area contributed by atoms with E-state index in [1.54, 1.807) is 25.3 Å². The van der Waals surface area contributed by atoms with Gasteiger partial charge in [-0.15, -0.1) is 0 Å². The minimum absolute atomic E-state index is 0.102. The van der Waals surface area contributed by atoms with E-state index < -0.39 is 10.0 Å². The Balaban J connectivity index is 1.72. The molecule has 1 fully saturated rings. The molecule has 1 atom stereocenters. The van der Waals surface area contributed by atoms with Crippen LogP contribution in [-0.2, 0) is 19.6 Å². The first-order valence-electron chi connectivity index (χ1n) is 8.52. The van der Waals surface area contributed by atoms with Gasteiger partial charge in [-0.1, -0.05) is 6.07 Å². The largest absolute Gasteiger partial charge is 0.385 e. The van der Waals surface area contributed by atoms with Crippen molar-refractivity contribution in [2.45, 2.75) is 24.2 Å².